The molecule has 0 radical (unpaired) electrons. The summed E-state index contributed by atoms with van der Waals surface area (Å²) in [5.74, 6) is 0.235. The SMILES string of the molecule is Cc1cccc(CN2CCN(C(=O)CCc3ccccc3N)CC2)c1. The smallest absolute Gasteiger partial charge is 0.222 e. The van der Waals surface area contributed by atoms with Gasteiger partial charge in [0.2, 0.25) is 5.91 Å². The number of hydrogen-bond donors (Lipinski definition) is 1. The van der Waals surface area contributed by atoms with Crippen molar-refractivity contribution in [3.05, 3.63) is 65.2 Å². The first-order valence-electron chi connectivity index (χ1n) is 9.01. The van der Waals surface area contributed by atoms with Crippen molar-refractivity contribution in [2.24, 2.45) is 0 Å². The molecule has 0 atom stereocenters. The lowest BCUT2D eigenvalue weighted by Gasteiger charge is -2.35. The van der Waals surface area contributed by atoms with Gasteiger partial charge in [-0.15, -0.1) is 0 Å². The second-order valence-corrected chi connectivity index (χ2v) is 6.84. The van der Waals surface area contributed by atoms with Crippen LogP contribution in [-0.2, 0) is 17.8 Å². The number of nitrogens with two attached hydrogens (primary N) is 1. The van der Waals surface area contributed by atoms with E-state index in [1.54, 1.807) is 0 Å². The van der Waals surface area contributed by atoms with Crippen LogP contribution in [0.5, 0.6) is 0 Å². The number of para-hydroxylation sites is 1. The fourth-order valence-corrected chi connectivity index (χ4v) is 3.39. The van der Waals surface area contributed by atoms with Crippen LogP contribution in [0.1, 0.15) is 23.1 Å². The molecule has 1 amide bonds. The highest BCUT2D eigenvalue weighted by Crippen LogP contribution is 2.15. The van der Waals surface area contributed by atoms with Gasteiger partial charge in [-0.2, -0.15) is 0 Å². The van der Waals surface area contributed by atoms with Crippen LogP contribution in [-0.4, -0.2) is 41.9 Å². The second-order valence-electron chi connectivity index (χ2n) is 6.84. The minimum Gasteiger partial charge on any atom is -0.399 e. The van der Waals surface area contributed by atoms with Gasteiger partial charge in [-0.25, -0.2) is 0 Å². The average molecular weight is 337 g/mol. The molecule has 0 aromatic heterocycles. The molecule has 1 aliphatic heterocycles. The molecule has 0 spiro atoms. The number of piperazine rings is 1. The van der Waals surface area contributed by atoms with Crippen molar-refractivity contribution in [3.8, 4) is 0 Å². The maximum atomic E-state index is 12.5. The van der Waals surface area contributed by atoms with Gasteiger partial charge in [0.1, 0.15) is 0 Å². The van der Waals surface area contributed by atoms with Crippen LogP contribution in [0, 0.1) is 6.92 Å². The molecule has 132 valence electrons. The van der Waals surface area contributed by atoms with E-state index < -0.39 is 0 Å². The van der Waals surface area contributed by atoms with E-state index in [1.807, 2.05) is 29.2 Å². The van der Waals surface area contributed by atoms with Crippen molar-refractivity contribution in [1.82, 2.24) is 9.80 Å². The molecule has 1 saturated heterocycles. The summed E-state index contributed by atoms with van der Waals surface area (Å²) in [6.07, 6.45) is 1.25. The molecule has 2 aromatic rings. The van der Waals surface area contributed by atoms with Gasteiger partial charge in [0.15, 0.2) is 0 Å². The Morgan fingerprint density at radius 2 is 1.80 bits per heavy atom. The van der Waals surface area contributed by atoms with Gasteiger partial charge in [-0.1, -0.05) is 48.0 Å². The molecule has 0 unspecified atom stereocenters. The third-order valence-corrected chi connectivity index (χ3v) is 4.88. The highest BCUT2D eigenvalue weighted by atomic mass is 16.2. The summed E-state index contributed by atoms with van der Waals surface area (Å²) in [4.78, 5) is 16.9. The van der Waals surface area contributed by atoms with Gasteiger partial charge in [-0.3, -0.25) is 9.69 Å². The molecule has 25 heavy (non-hydrogen) atoms. The number of nitrogen functional groups attached to an aromatic ring is 1. The van der Waals surface area contributed by atoms with E-state index in [9.17, 15) is 4.79 Å². The zero-order valence-electron chi connectivity index (χ0n) is 14.9. The topological polar surface area (TPSA) is 49.6 Å². The molecule has 2 aromatic carbocycles. The first kappa shape index (κ1) is 17.5. The van der Waals surface area contributed by atoms with E-state index in [1.165, 1.54) is 11.1 Å². The summed E-state index contributed by atoms with van der Waals surface area (Å²) in [6, 6.07) is 16.4. The maximum Gasteiger partial charge on any atom is 0.222 e. The van der Waals surface area contributed by atoms with Crippen LogP contribution >= 0.6 is 0 Å². The predicted molar refractivity (Wildman–Crippen MR) is 102 cm³/mol. The van der Waals surface area contributed by atoms with Gasteiger partial charge >= 0.3 is 0 Å². The number of amides is 1. The lowest BCUT2D eigenvalue weighted by molar-refractivity contribution is -0.132. The Morgan fingerprint density at radius 1 is 1.04 bits per heavy atom. The first-order chi connectivity index (χ1) is 12.1. The molecule has 3 rings (SSSR count). The number of hydrogen-bond acceptors (Lipinski definition) is 3. The van der Waals surface area contributed by atoms with Crippen LogP contribution in [0.25, 0.3) is 0 Å². The van der Waals surface area contributed by atoms with E-state index in [0.29, 0.717) is 6.42 Å². The highest BCUT2D eigenvalue weighted by Gasteiger charge is 2.21. The van der Waals surface area contributed by atoms with Crippen LogP contribution in [0.15, 0.2) is 48.5 Å². The zero-order valence-corrected chi connectivity index (χ0v) is 14.9. The average Bonchev–Trinajstić information content (AvgIpc) is 2.61. The van der Waals surface area contributed by atoms with E-state index >= 15 is 0 Å². The highest BCUT2D eigenvalue weighted by molar-refractivity contribution is 5.76. The summed E-state index contributed by atoms with van der Waals surface area (Å²) in [6.45, 7) is 6.59. The van der Waals surface area contributed by atoms with Crippen molar-refractivity contribution in [2.75, 3.05) is 31.9 Å². The van der Waals surface area contributed by atoms with Crippen molar-refractivity contribution >= 4 is 11.6 Å². The Morgan fingerprint density at radius 3 is 2.52 bits per heavy atom. The summed E-state index contributed by atoms with van der Waals surface area (Å²) in [5, 5.41) is 0. The van der Waals surface area contributed by atoms with Crippen molar-refractivity contribution in [2.45, 2.75) is 26.3 Å². The number of aryl methyl sites for hydroxylation is 2. The lowest BCUT2D eigenvalue weighted by Crippen LogP contribution is -2.48. The molecule has 2 N–H and O–H groups in total. The van der Waals surface area contributed by atoms with Gasteiger partial charge in [0.05, 0.1) is 0 Å². The van der Waals surface area contributed by atoms with Crippen LogP contribution in [0.3, 0.4) is 0 Å². The Balaban J connectivity index is 1.45. The lowest BCUT2D eigenvalue weighted by atomic mass is 10.1. The van der Waals surface area contributed by atoms with Crippen LogP contribution < -0.4 is 5.73 Å². The van der Waals surface area contributed by atoms with Crippen molar-refractivity contribution in [1.29, 1.82) is 0 Å². The molecule has 0 saturated carbocycles. The molecule has 1 fully saturated rings. The Hall–Kier alpha value is -2.33. The number of rotatable bonds is 5. The number of carbonyl (C=O) groups excluding carboxylic acids is 1. The van der Waals surface area contributed by atoms with Crippen molar-refractivity contribution < 1.29 is 4.79 Å². The maximum absolute atomic E-state index is 12.5. The Labute approximate surface area is 150 Å². The summed E-state index contributed by atoms with van der Waals surface area (Å²) >= 11 is 0. The number of benzene rings is 2. The summed E-state index contributed by atoms with van der Waals surface area (Å²) in [7, 11) is 0. The summed E-state index contributed by atoms with van der Waals surface area (Å²) in [5.41, 5.74) is 10.4. The predicted octanol–water partition coefficient (Wildman–Crippen LogP) is 2.85. The third kappa shape index (κ3) is 4.83. The number of carbonyl (C=O) groups is 1. The van der Waals surface area contributed by atoms with Gasteiger partial charge in [0.25, 0.3) is 0 Å². The van der Waals surface area contributed by atoms with Crippen molar-refractivity contribution in [3.63, 3.8) is 0 Å². The normalized spacial score (nSPS) is 15.3. The molecule has 4 heteroatoms. The van der Waals surface area contributed by atoms with E-state index in [4.69, 9.17) is 5.73 Å². The first-order valence-corrected chi connectivity index (χ1v) is 9.01. The van der Waals surface area contributed by atoms with Gasteiger partial charge in [0, 0.05) is 44.8 Å². The zero-order chi connectivity index (χ0) is 17.6. The van der Waals surface area contributed by atoms with Crippen LogP contribution in [0.4, 0.5) is 5.69 Å². The van der Waals surface area contributed by atoms with E-state index in [-0.39, 0.29) is 5.91 Å². The molecule has 4 nitrogen and oxygen atoms in total. The molecule has 1 aliphatic rings. The molecule has 1 heterocycles. The van der Waals surface area contributed by atoms with E-state index in [0.717, 1.165) is 50.4 Å². The largest absolute Gasteiger partial charge is 0.399 e. The van der Waals surface area contributed by atoms with Crippen LogP contribution in [0.2, 0.25) is 0 Å². The quantitative estimate of drug-likeness (QED) is 0.854. The standard InChI is InChI=1S/C21H27N3O/c1-17-5-4-6-18(15-17)16-23-11-13-24(14-12-23)21(25)10-9-19-7-2-3-8-20(19)22/h2-8,15H,9-14,16,22H2,1H3. The monoisotopic (exact) mass is 337 g/mol. The number of anilines is 1. The molecule has 0 bridgehead atoms. The van der Waals surface area contributed by atoms with Gasteiger partial charge in [-0.05, 0) is 30.5 Å². The Bertz CT molecular complexity index is 721. The summed E-state index contributed by atoms with van der Waals surface area (Å²) < 4.78 is 0. The Kier molecular flexibility index (Phi) is 5.71. The minimum atomic E-state index is 0.235. The molecular weight excluding hydrogens is 310 g/mol. The molecular formula is C21H27N3O. The van der Waals surface area contributed by atoms with E-state index in [2.05, 4.69) is 36.1 Å². The second kappa shape index (κ2) is 8.17. The molecule has 0 aliphatic carbocycles. The fraction of sp³-hybridized carbons (Fsp3) is 0.381. The van der Waals surface area contributed by atoms with Gasteiger partial charge < -0.3 is 10.6 Å². The number of nitrogens with zero attached hydrogens (tertiary/aromatic N) is 2. The fourth-order valence-electron chi connectivity index (χ4n) is 3.39. The minimum absolute atomic E-state index is 0.235. The third-order valence-electron chi connectivity index (χ3n) is 4.88.